The Morgan fingerprint density at radius 1 is 1.24 bits per heavy atom. The third kappa shape index (κ3) is 2.94. The molecule has 3 N–H and O–H groups in total. The molecular formula is C13H19N7O. The summed E-state index contributed by atoms with van der Waals surface area (Å²) < 4.78 is 1.56. The van der Waals surface area contributed by atoms with E-state index in [1.165, 1.54) is 0 Å². The Labute approximate surface area is 122 Å². The van der Waals surface area contributed by atoms with E-state index in [1.54, 1.807) is 23.1 Å². The van der Waals surface area contributed by atoms with Gasteiger partial charge in [0, 0.05) is 25.5 Å². The summed E-state index contributed by atoms with van der Waals surface area (Å²) in [7, 11) is 0. The first-order valence-electron chi connectivity index (χ1n) is 7.08. The van der Waals surface area contributed by atoms with Crippen LogP contribution in [-0.4, -0.2) is 49.0 Å². The number of aliphatic hydroxyl groups excluding tert-OH is 1. The molecule has 21 heavy (non-hydrogen) atoms. The van der Waals surface area contributed by atoms with Crippen molar-refractivity contribution in [1.29, 1.82) is 0 Å². The molecule has 0 radical (unpaired) electrons. The minimum Gasteiger partial charge on any atom is -0.393 e. The Bertz CT molecular complexity index is 591. The van der Waals surface area contributed by atoms with Gasteiger partial charge in [-0.3, -0.25) is 0 Å². The molecule has 3 rings (SSSR count). The summed E-state index contributed by atoms with van der Waals surface area (Å²) in [6.45, 7) is 3.45. The largest absolute Gasteiger partial charge is 0.393 e. The van der Waals surface area contributed by atoms with Gasteiger partial charge in [0.2, 0.25) is 11.9 Å². The van der Waals surface area contributed by atoms with Crippen LogP contribution >= 0.6 is 0 Å². The van der Waals surface area contributed by atoms with Gasteiger partial charge in [0.05, 0.1) is 6.10 Å². The van der Waals surface area contributed by atoms with Crippen molar-refractivity contribution in [3.63, 3.8) is 0 Å². The molecule has 0 aromatic carbocycles. The fourth-order valence-electron chi connectivity index (χ4n) is 2.58. The molecule has 112 valence electrons. The van der Waals surface area contributed by atoms with E-state index in [4.69, 9.17) is 5.73 Å². The zero-order valence-corrected chi connectivity index (χ0v) is 11.9. The maximum atomic E-state index is 9.66. The van der Waals surface area contributed by atoms with Crippen LogP contribution in [0.5, 0.6) is 0 Å². The number of piperidine rings is 1. The number of rotatable bonds is 3. The zero-order chi connectivity index (χ0) is 14.8. The van der Waals surface area contributed by atoms with Crippen LogP contribution in [0, 0.1) is 5.92 Å². The maximum Gasteiger partial charge on any atom is 0.257 e. The van der Waals surface area contributed by atoms with Gasteiger partial charge >= 0.3 is 0 Å². The molecule has 1 aliphatic rings. The normalized spacial score (nSPS) is 17.9. The van der Waals surface area contributed by atoms with Gasteiger partial charge < -0.3 is 15.7 Å². The van der Waals surface area contributed by atoms with E-state index in [9.17, 15) is 5.11 Å². The molecule has 8 heteroatoms. The third-order valence-electron chi connectivity index (χ3n) is 3.84. The number of aromatic nitrogens is 5. The van der Waals surface area contributed by atoms with Crippen LogP contribution in [0.15, 0.2) is 18.5 Å². The second-order valence-corrected chi connectivity index (χ2v) is 5.31. The lowest BCUT2D eigenvalue weighted by atomic mass is 9.92. The van der Waals surface area contributed by atoms with Crippen LogP contribution in [0.25, 0.3) is 5.95 Å². The van der Waals surface area contributed by atoms with Crippen molar-refractivity contribution in [2.45, 2.75) is 25.9 Å². The lowest BCUT2D eigenvalue weighted by molar-refractivity contribution is 0.109. The summed E-state index contributed by atoms with van der Waals surface area (Å²) in [6.07, 6.45) is 4.99. The maximum absolute atomic E-state index is 9.66. The van der Waals surface area contributed by atoms with Crippen molar-refractivity contribution in [2.75, 3.05) is 23.7 Å². The van der Waals surface area contributed by atoms with Crippen LogP contribution in [-0.2, 0) is 0 Å². The highest BCUT2D eigenvalue weighted by molar-refractivity contribution is 5.38. The minimum atomic E-state index is -0.268. The van der Waals surface area contributed by atoms with E-state index in [0.717, 1.165) is 25.9 Å². The van der Waals surface area contributed by atoms with E-state index < -0.39 is 0 Å². The van der Waals surface area contributed by atoms with Gasteiger partial charge in [-0.25, -0.2) is 4.68 Å². The molecule has 1 fully saturated rings. The van der Waals surface area contributed by atoms with Crippen LogP contribution in [0.1, 0.15) is 19.8 Å². The quantitative estimate of drug-likeness (QED) is 0.833. The molecule has 1 saturated heterocycles. The Balaban J connectivity index is 1.80. The molecule has 1 aliphatic heterocycles. The van der Waals surface area contributed by atoms with Gasteiger partial charge in [0.25, 0.3) is 5.95 Å². The SMILES string of the molecule is CC(O)C1CCN(c2nc(N)nc(-n3cccn3)n2)CC1. The molecule has 2 aromatic heterocycles. The van der Waals surface area contributed by atoms with Crippen molar-refractivity contribution in [3.8, 4) is 5.95 Å². The highest BCUT2D eigenvalue weighted by atomic mass is 16.3. The van der Waals surface area contributed by atoms with Crippen molar-refractivity contribution < 1.29 is 5.11 Å². The molecule has 1 unspecified atom stereocenters. The first-order valence-corrected chi connectivity index (χ1v) is 7.08. The van der Waals surface area contributed by atoms with Crippen molar-refractivity contribution in [3.05, 3.63) is 18.5 Å². The van der Waals surface area contributed by atoms with E-state index in [0.29, 0.717) is 17.8 Å². The van der Waals surface area contributed by atoms with Crippen LogP contribution in [0.4, 0.5) is 11.9 Å². The van der Waals surface area contributed by atoms with Crippen molar-refractivity contribution >= 4 is 11.9 Å². The summed E-state index contributed by atoms with van der Waals surface area (Å²) in [5.41, 5.74) is 5.78. The third-order valence-corrected chi connectivity index (χ3v) is 3.84. The molecule has 2 aromatic rings. The fraction of sp³-hybridized carbons (Fsp3) is 0.538. The Morgan fingerprint density at radius 2 is 1.95 bits per heavy atom. The smallest absolute Gasteiger partial charge is 0.257 e. The van der Waals surface area contributed by atoms with Gasteiger partial charge in [-0.15, -0.1) is 0 Å². The van der Waals surface area contributed by atoms with Gasteiger partial charge in [0.1, 0.15) is 0 Å². The average Bonchev–Trinajstić information content (AvgIpc) is 3.01. The van der Waals surface area contributed by atoms with Gasteiger partial charge in [-0.2, -0.15) is 20.1 Å². The molecular weight excluding hydrogens is 270 g/mol. The second-order valence-electron chi connectivity index (χ2n) is 5.31. The highest BCUT2D eigenvalue weighted by Crippen LogP contribution is 2.23. The molecule has 1 atom stereocenters. The van der Waals surface area contributed by atoms with Crippen LogP contribution in [0.3, 0.4) is 0 Å². The van der Waals surface area contributed by atoms with E-state index in [-0.39, 0.29) is 12.1 Å². The van der Waals surface area contributed by atoms with Crippen molar-refractivity contribution in [1.82, 2.24) is 24.7 Å². The number of nitrogen functional groups attached to an aromatic ring is 1. The Kier molecular flexibility index (Phi) is 3.70. The average molecular weight is 289 g/mol. The minimum absolute atomic E-state index is 0.183. The first-order chi connectivity index (χ1) is 10.1. The molecule has 8 nitrogen and oxygen atoms in total. The van der Waals surface area contributed by atoms with Gasteiger partial charge in [-0.1, -0.05) is 0 Å². The summed E-state index contributed by atoms with van der Waals surface area (Å²) in [5, 5.41) is 13.8. The monoisotopic (exact) mass is 289 g/mol. The summed E-state index contributed by atoms with van der Waals surface area (Å²) in [4.78, 5) is 14.8. The lowest BCUT2D eigenvalue weighted by Crippen LogP contribution is -2.38. The van der Waals surface area contributed by atoms with Crippen LogP contribution < -0.4 is 10.6 Å². The van der Waals surface area contributed by atoms with Gasteiger partial charge in [-0.05, 0) is 31.7 Å². The first kappa shape index (κ1) is 13.7. The Hall–Kier alpha value is -2.22. The van der Waals surface area contributed by atoms with E-state index in [1.807, 2.05) is 6.92 Å². The summed E-state index contributed by atoms with van der Waals surface area (Å²) >= 11 is 0. The molecule has 0 aliphatic carbocycles. The van der Waals surface area contributed by atoms with E-state index in [2.05, 4.69) is 25.0 Å². The summed E-state index contributed by atoms with van der Waals surface area (Å²) in [6, 6.07) is 1.80. The van der Waals surface area contributed by atoms with Crippen molar-refractivity contribution in [2.24, 2.45) is 5.92 Å². The predicted octanol–water partition coefficient (Wildman–Crippen LogP) is 0.237. The molecule has 0 amide bonds. The standard InChI is InChI=1S/C13H19N7O/c1-9(21)10-3-7-19(8-4-10)12-16-11(14)17-13(18-12)20-6-2-5-15-20/h2,5-6,9-10,21H,3-4,7-8H2,1H3,(H2,14,16,17,18). The highest BCUT2D eigenvalue weighted by Gasteiger charge is 2.24. The number of nitrogens with zero attached hydrogens (tertiary/aromatic N) is 6. The molecule has 3 heterocycles. The number of anilines is 2. The number of hydrogen-bond acceptors (Lipinski definition) is 7. The topological polar surface area (TPSA) is 106 Å². The molecule has 0 bridgehead atoms. The second kappa shape index (κ2) is 5.65. The number of nitrogens with two attached hydrogens (primary N) is 1. The van der Waals surface area contributed by atoms with E-state index >= 15 is 0 Å². The summed E-state index contributed by atoms with van der Waals surface area (Å²) in [5.74, 6) is 1.51. The fourth-order valence-corrected chi connectivity index (χ4v) is 2.58. The number of hydrogen-bond donors (Lipinski definition) is 2. The molecule has 0 spiro atoms. The predicted molar refractivity (Wildman–Crippen MR) is 78.0 cm³/mol. The lowest BCUT2D eigenvalue weighted by Gasteiger charge is -2.33. The number of aliphatic hydroxyl groups is 1. The Morgan fingerprint density at radius 3 is 2.57 bits per heavy atom. The van der Waals surface area contributed by atoms with Crippen LogP contribution in [0.2, 0.25) is 0 Å². The van der Waals surface area contributed by atoms with Gasteiger partial charge in [0.15, 0.2) is 0 Å². The molecule has 0 saturated carbocycles. The zero-order valence-electron chi connectivity index (χ0n) is 11.9.